The smallest absolute Gasteiger partial charge is 0.303 e. The van der Waals surface area contributed by atoms with Crippen LogP contribution in [-0.2, 0) is 33.3 Å². The Morgan fingerprint density at radius 1 is 0.906 bits per heavy atom. The highest BCUT2D eigenvalue weighted by Gasteiger charge is 2.51. The number of hydrogen-bond acceptors (Lipinski definition) is 9. The Kier molecular flexibility index (Phi) is 7.63. The van der Waals surface area contributed by atoms with Crippen LogP contribution in [0.2, 0.25) is 0 Å². The highest BCUT2D eigenvalue weighted by atomic mass is 79.9. The number of rotatable bonds is 6. The predicted octanol–water partition coefficient (Wildman–Crippen LogP) is 3.60. The van der Waals surface area contributed by atoms with Crippen molar-refractivity contribution in [2.24, 2.45) is 0 Å². The zero-order valence-corrected chi connectivity index (χ0v) is 20.5. The molecule has 1 N–H and O–H groups in total. The molecule has 0 bridgehead atoms. The van der Waals surface area contributed by atoms with Crippen molar-refractivity contribution in [3.05, 3.63) is 33.2 Å². The molecule has 1 unspecified atom stereocenters. The van der Waals surface area contributed by atoms with Gasteiger partial charge in [0.05, 0.1) is 0 Å². The molecule has 11 heteroatoms. The Morgan fingerprint density at radius 3 is 2.03 bits per heavy atom. The normalized spacial score (nSPS) is 22.4. The molecule has 1 saturated heterocycles. The third-order valence-corrected chi connectivity index (χ3v) is 6.37. The van der Waals surface area contributed by atoms with Crippen LogP contribution in [0.1, 0.15) is 20.8 Å². The maximum Gasteiger partial charge on any atom is 0.303 e. The van der Waals surface area contributed by atoms with E-state index < -0.39 is 42.5 Å². The van der Waals surface area contributed by atoms with Gasteiger partial charge in [0.2, 0.25) is 12.4 Å². The SMILES string of the molecule is CC(=O)OC[C@H]1O[C@@H](Oc2cc3cc(Br)c(Br)cc3cc2O)C(OC(C)=O)[C@H]1OC(C)=O. The fourth-order valence-corrected chi connectivity index (χ4v) is 3.97. The van der Waals surface area contributed by atoms with E-state index in [4.69, 9.17) is 23.7 Å². The van der Waals surface area contributed by atoms with Gasteiger partial charge in [0.1, 0.15) is 12.7 Å². The molecular weight excluding hydrogens is 556 g/mol. The number of esters is 3. The van der Waals surface area contributed by atoms with Crippen LogP contribution in [0.15, 0.2) is 33.2 Å². The summed E-state index contributed by atoms with van der Waals surface area (Å²) >= 11 is 6.84. The van der Waals surface area contributed by atoms with Gasteiger partial charge in [-0.15, -0.1) is 0 Å². The van der Waals surface area contributed by atoms with Gasteiger partial charge in [0.25, 0.3) is 0 Å². The third kappa shape index (κ3) is 5.70. The lowest BCUT2D eigenvalue weighted by Gasteiger charge is -2.23. The van der Waals surface area contributed by atoms with Crippen LogP contribution in [0.4, 0.5) is 0 Å². The summed E-state index contributed by atoms with van der Waals surface area (Å²) in [6.07, 6.45) is -4.45. The van der Waals surface area contributed by atoms with Gasteiger partial charge < -0.3 is 28.8 Å². The second kappa shape index (κ2) is 10.1. The lowest BCUT2D eigenvalue weighted by molar-refractivity contribution is -0.170. The second-order valence-electron chi connectivity index (χ2n) is 7.04. The van der Waals surface area contributed by atoms with Crippen LogP contribution in [0.5, 0.6) is 11.5 Å². The molecule has 0 aromatic heterocycles. The van der Waals surface area contributed by atoms with Crippen LogP contribution in [0.3, 0.4) is 0 Å². The molecule has 1 fully saturated rings. The van der Waals surface area contributed by atoms with Gasteiger partial charge in [0, 0.05) is 29.7 Å². The zero-order valence-electron chi connectivity index (χ0n) is 17.3. The van der Waals surface area contributed by atoms with E-state index >= 15 is 0 Å². The molecule has 9 nitrogen and oxygen atoms in total. The average Bonchev–Trinajstić information content (AvgIpc) is 2.98. The summed E-state index contributed by atoms with van der Waals surface area (Å²) in [5.74, 6) is -1.98. The molecule has 2 aromatic rings. The number of aromatic hydroxyl groups is 1. The van der Waals surface area contributed by atoms with Crippen molar-refractivity contribution >= 4 is 60.5 Å². The standard InChI is InChI=1S/C21H20Br2O9/c1-9(24)28-8-18-19(29-10(2)25)20(30-11(3)26)21(32-18)31-17-7-13-5-15(23)14(22)4-12(13)6-16(17)27/h4-7,18-21,27H,8H2,1-3H3/t18-,19+,20?,21-/m1/s1. The van der Waals surface area contributed by atoms with Gasteiger partial charge in [-0.1, -0.05) is 0 Å². The molecule has 172 valence electrons. The van der Waals surface area contributed by atoms with Crippen LogP contribution >= 0.6 is 31.9 Å². The van der Waals surface area contributed by atoms with Crippen molar-refractivity contribution in [2.45, 2.75) is 45.4 Å². The molecular formula is C21H20Br2O9. The fourth-order valence-electron chi connectivity index (χ4n) is 3.25. The average molecular weight is 576 g/mol. The zero-order chi connectivity index (χ0) is 23.6. The van der Waals surface area contributed by atoms with Gasteiger partial charge in [-0.2, -0.15) is 0 Å². The van der Waals surface area contributed by atoms with E-state index in [0.29, 0.717) is 0 Å². The van der Waals surface area contributed by atoms with Crippen molar-refractivity contribution in [1.29, 1.82) is 0 Å². The van der Waals surface area contributed by atoms with Gasteiger partial charge in [-0.05, 0) is 66.9 Å². The lowest BCUT2D eigenvalue weighted by Crippen LogP contribution is -2.42. The van der Waals surface area contributed by atoms with Crippen LogP contribution in [0, 0.1) is 0 Å². The van der Waals surface area contributed by atoms with E-state index in [1.54, 1.807) is 6.07 Å². The maximum atomic E-state index is 11.7. The number of phenols is 1. The number of phenolic OH excluding ortho intramolecular Hbond substituents is 1. The van der Waals surface area contributed by atoms with E-state index in [0.717, 1.165) is 19.7 Å². The van der Waals surface area contributed by atoms with Crippen LogP contribution < -0.4 is 4.74 Å². The molecule has 32 heavy (non-hydrogen) atoms. The molecule has 3 rings (SSSR count). The first-order valence-corrected chi connectivity index (χ1v) is 11.1. The van der Waals surface area contributed by atoms with Crippen molar-refractivity contribution < 1.29 is 43.2 Å². The molecule has 1 aliphatic rings. The highest BCUT2D eigenvalue weighted by Crippen LogP contribution is 2.38. The molecule has 0 radical (unpaired) electrons. The van der Waals surface area contributed by atoms with E-state index in [2.05, 4.69) is 31.9 Å². The quantitative estimate of drug-likeness (QED) is 0.407. The first kappa shape index (κ1) is 24.3. The van der Waals surface area contributed by atoms with E-state index in [-0.39, 0.29) is 18.1 Å². The minimum atomic E-state index is -1.24. The first-order chi connectivity index (χ1) is 15.0. The van der Waals surface area contributed by atoms with Crippen molar-refractivity contribution in [3.63, 3.8) is 0 Å². The number of carbonyl (C=O) groups is 3. The number of hydrogen-bond donors (Lipinski definition) is 1. The number of carbonyl (C=O) groups excluding carboxylic acids is 3. The Hall–Kier alpha value is -2.37. The summed E-state index contributed by atoms with van der Waals surface area (Å²) in [5.41, 5.74) is 0. The largest absolute Gasteiger partial charge is 0.504 e. The van der Waals surface area contributed by atoms with Crippen molar-refractivity contribution in [3.8, 4) is 11.5 Å². The van der Waals surface area contributed by atoms with Crippen LogP contribution in [0.25, 0.3) is 10.8 Å². The van der Waals surface area contributed by atoms with E-state index in [9.17, 15) is 19.5 Å². The minimum Gasteiger partial charge on any atom is -0.504 e. The third-order valence-electron chi connectivity index (χ3n) is 4.52. The summed E-state index contributed by atoms with van der Waals surface area (Å²) in [6, 6.07) is 6.76. The predicted molar refractivity (Wildman–Crippen MR) is 118 cm³/mol. The van der Waals surface area contributed by atoms with E-state index in [1.807, 2.05) is 12.1 Å². The van der Waals surface area contributed by atoms with Gasteiger partial charge >= 0.3 is 17.9 Å². The monoisotopic (exact) mass is 574 g/mol. The van der Waals surface area contributed by atoms with Gasteiger partial charge in [-0.3, -0.25) is 14.4 Å². The molecule has 1 aliphatic heterocycles. The number of fused-ring (bicyclic) bond motifs is 1. The Morgan fingerprint density at radius 2 is 1.47 bits per heavy atom. The molecule has 0 amide bonds. The number of halogens is 2. The first-order valence-electron chi connectivity index (χ1n) is 9.47. The maximum absolute atomic E-state index is 11.7. The summed E-state index contributed by atoms with van der Waals surface area (Å²) in [7, 11) is 0. The second-order valence-corrected chi connectivity index (χ2v) is 8.75. The lowest BCUT2D eigenvalue weighted by atomic mass is 10.1. The molecule has 1 heterocycles. The molecule has 4 atom stereocenters. The van der Waals surface area contributed by atoms with Crippen molar-refractivity contribution in [2.75, 3.05) is 6.61 Å². The molecule has 0 saturated carbocycles. The molecule has 0 aliphatic carbocycles. The number of ether oxygens (including phenoxy) is 5. The van der Waals surface area contributed by atoms with Crippen molar-refractivity contribution in [1.82, 2.24) is 0 Å². The minimum absolute atomic E-state index is 0.0589. The topological polar surface area (TPSA) is 118 Å². The molecule has 2 aromatic carbocycles. The molecule has 0 spiro atoms. The fraction of sp³-hybridized carbons (Fsp3) is 0.381. The van der Waals surface area contributed by atoms with Crippen LogP contribution in [-0.4, -0.2) is 54.2 Å². The summed E-state index contributed by atoms with van der Waals surface area (Å²) in [6.45, 7) is 3.34. The summed E-state index contributed by atoms with van der Waals surface area (Å²) in [5, 5.41) is 12.0. The summed E-state index contributed by atoms with van der Waals surface area (Å²) in [4.78, 5) is 34.6. The van der Waals surface area contributed by atoms with Gasteiger partial charge in [0.15, 0.2) is 17.6 Å². The Bertz CT molecular complexity index is 1060. The Balaban J connectivity index is 1.93. The van der Waals surface area contributed by atoms with Gasteiger partial charge in [-0.25, -0.2) is 0 Å². The Labute approximate surface area is 200 Å². The highest BCUT2D eigenvalue weighted by molar-refractivity contribution is 9.13. The van der Waals surface area contributed by atoms with E-state index in [1.165, 1.54) is 26.8 Å². The number of benzene rings is 2. The summed E-state index contributed by atoms with van der Waals surface area (Å²) < 4.78 is 28.8.